The molecule has 0 aliphatic carbocycles. The Morgan fingerprint density at radius 2 is 2.18 bits per heavy atom. The molecule has 1 heterocycles. The van der Waals surface area contributed by atoms with Gasteiger partial charge in [0.1, 0.15) is 5.69 Å². The molecule has 1 amide bonds. The minimum atomic E-state index is -1.07. The second kappa shape index (κ2) is 5.52. The van der Waals surface area contributed by atoms with Crippen LogP contribution in [-0.4, -0.2) is 22.0 Å². The van der Waals surface area contributed by atoms with E-state index in [0.717, 1.165) is 6.42 Å². The van der Waals surface area contributed by atoms with Crippen molar-refractivity contribution in [3.05, 3.63) is 17.5 Å². The summed E-state index contributed by atoms with van der Waals surface area (Å²) in [4.78, 5) is 25.3. The van der Waals surface area contributed by atoms with Crippen LogP contribution >= 0.6 is 0 Å². The molecule has 0 aliphatic heterocycles. The fraction of sp³-hybridized carbons (Fsp3) is 0.500. The van der Waals surface area contributed by atoms with Crippen LogP contribution in [0.1, 0.15) is 42.9 Å². The summed E-state index contributed by atoms with van der Waals surface area (Å²) in [5, 5.41) is 11.6. The molecule has 1 atom stereocenters. The maximum atomic E-state index is 11.6. The van der Waals surface area contributed by atoms with Gasteiger partial charge in [-0.2, -0.15) is 0 Å². The number of carboxylic acid groups (broad SMARTS) is 1. The zero-order chi connectivity index (χ0) is 13.0. The summed E-state index contributed by atoms with van der Waals surface area (Å²) in [7, 11) is 0. The third-order valence-electron chi connectivity index (χ3n) is 2.67. The number of hydrogen-bond donors (Lipinski definition) is 3. The Morgan fingerprint density at radius 1 is 1.53 bits per heavy atom. The minimum Gasteiger partial charge on any atom is -0.477 e. The number of hydrogen-bond acceptors (Lipinski definition) is 2. The predicted octanol–water partition coefficient (Wildman–Crippen LogP) is 2.40. The number of aryl methyl sites for hydroxylation is 1. The van der Waals surface area contributed by atoms with E-state index in [1.807, 2.05) is 13.8 Å². The summed E-state index contributed by atoms with van der Waals surface area (Å²) in [6, 6.07) is 1.62. The van der Waals surface area contributed by atoms with E-state index in [0.29, 0.717) is 23.7 Å². The van der Waals surface area contributed by atoms with Gasteiger partial charge in [0, 0.05) is 12.1 Å². The van der Waals surface area contributed by atoms with Crippen molar-refractivity contribution in [2.24, 2.45) is 5.92 Å². The molecule has 0 spiro atoms. The van der Waals surface area contributed by atoms with Gasteiger partial charge in [-0.15, -0.1) is 0 Å². The van der Waals surface area contributed by atoms with Crippen LogP contribution in [-0.2, 0) is 4.79 Å². The third kappa shape index (κ3) is 3.62. The molecule has 0 saturated heterocycles. The van der Waals surface area contributed by atoms with Gasteiger partial charge in [-0.3, -0.25) is 4.79 Å². The lowest BCUT2D eigenvalue weighted by Crippen LogP contribution is -2.16. The molecule has 0 fully saturated rings. The van der Waals surface area contributed by atoms with E-state index in [9.17, 15) is 9.59 Å². The van der Waals surface area contributed by atoms with Crippen molar-refractivity contribution in [2.45, 2.75) is 33.6 Å². The van der Waals surface area contributed by atoms with Gasteiger partial charge in [-0.25, -0.2) is 4.79 Å². The molecule has 1 aromatic heterocycles. The Morgan fingerprint density at radius 3 is 2.71 bits per heavy atom. The van der Waals surface area contributed by atoms with Crippen LogP contribution in [0.5, 0.6) is 0 Å². The first-order valence-electron chi connectivity index (χ1n) is 5.66. The summed E-state index contributed by atoms with van der Waals surface area (Å²) in [5.74, 6) is -0.930. The van der Waals surface area contributed by atoms with Crippen LogP contribution in [0, 0.1) is 12.8 Å². The van der Waals surface area contributed by atoms with Crippen LogP contribution in [0.2, 0.25) is 0 Å². The molecule has 0 aromatic carbocycles. The molecular formula is C12H18N2O3. The lowest BCUT2D eigenvalue weighted by molar-refractivity contribution is -0.117. The van der Waals surface area contributed by atoms with Gasteiger partial charge >= 0.3 is 5.97 Å². The van der Waals surface area contributed by atoms with Gasteiger partial charge in [0.05, 0.1) is 5.69 Å². The number of aromatic nitrogens is 1. The lowest BCUT2D eigenvalue weighted by Gasteiger charge is -2.08. The minimum absolute atomic E-state index is 0.0278. The normalized spacial score (nSPS) is 12.2. The summed E-state index contributed by atoms with van der Waals surface area (Å²) in [6.07, 6.45) is 1.32. The van der Waals surface area contributed by atoms with Gasteiger partial charge < -0.3 is 15.4 Å². The molecule has 3 N–H and O–H groups in total. The molecule has 0 radical (unpaired) electrons. The van der Waals surface area contributed by atoms with Crippen LogP contribution in [0.25, 0.3) is 0 Å². The van der Waals surface area contributed by atoms with E-state index in [-0.39, 0.29) is 11.6 Å². The fourth-order valence-electron chi connectivity index (χ4n) is 1.52. The monoisotopic (exact) mass is 238 g/mol. The average Bonchev–Trinajstić information content (AvgIpc) is 2.59. The lowest BCUT2D eigenvalue weighted by atomic mass is 10.1. The maximum Gasteiger partial charge on any atom is 0.354 e. The number of amides is 1. The molecule has 1 aromatic rings. The van der Waals surface area contributed by atoms with Crippen molar-refractivity contribution in [3.8, 4) is 0 Å². The first-order valence-corrected chi connectivity index (χ1v) is 5.66. The third-order valence-corrected chi connectivity index (χ3v) is 2.67. The molecule has 5 heteroatoms. The van der Waals surface area contributed by atoms with Crippen LogP contribution in [0.3, 0.4) is 0 Å². The Bertz CT molecular complexity index is 423. The van der Waals surface area contributed by atoms with Gasteiger partial charge in [0.15, 0.2) is 0 Å². The number of aromatic carboxylic acids is 1. The van der Waals surface area contributed by atoms with Crippen molar-refractivity contribution in [3.63, 3.8) is 0 Å². The Balaban J connectivity index is 2.74. The number of aromatic amines is 1. The highest BCUT2D eigenvalue weighted by Gasteiger charge is 2.16. The van der Waals surface area contributed by atoms with Crippen molar-refractivity contribution < 1.29 is 14.7 Å². The quantitative estimate of drug-likeness (QED) is 0.736. The number of carboxylic acids is 1. The standard InChI is InChI=1S/C12H18N2O3/c1-4-7(2)5-10(15)14-9-6-8(3)13-11(9)12(16)17/h6-7,13H,4-5H2,1-3H3,(H,14,15)(H,16,17). The molecule has 17 heavy (non-hydrogen) atoms. The fourth-order valence-corrected chi connectivity index (χ4v) is 1.52. The molecule has 1 unspecified atom stereocenters. The van der Waals surface area contributed by atoms with Gasteiger partial charge in [-0.05, 0) is 18.9 Å². The van der Waals surface area contributed by atoms with Crippen molar-refractivity contribution in [1.82, 2.24) is 4.98 Å². The second-order valence-corrected chi connectivity index (χ2v) is 4.31. The summed E-state index contributed by atoms with van der Waals surface area (Å²) < 4.78 is 0. The molecule has 0 saturated carbocycles. The van der Waals surface area contributed by atoms with E-state index < -0.39 is 5.97 Å². The molecule has 5 nitrogen and oxygen atoms in total. The van der Waals surface area contributed by atoms with Crippen molar-refractivity contribution in [1.29, 1.82) is 0 Å². The molecule has 1 rings (SSSR count). The van der Waals surface area contributed by atoms with Crippen molar-refractivity contribution in [2.75, 3.05) is 5.32 Å². The zero-order valence-electron chi connectivity index (χ0n) is 10.3. The van der Waals surface area contributed by atoms with Crippen LogP contribution < -0.4 is 5.32 Å². The SMILES string of the molecule is CCC(C)CC(=O)Nc1cc(C)[nH]c1C(=O)O. The highest BCUT2D eigenvalue weighted by atomic mass is 16.4. The highest BCUT2D eigenvalue weighted by molar-refractivity contribution is 5.99. The summed E-state index contributed by atoms with van der Waals surface area (Å²) in [5.41, 5.74) is 1.07. The van der Waals surface area contributed by atoms with Gasteiger partial charge in [0.25, 0.3) is 0 Å². The predicted molar refractivity (Wildman–Crippen MR) is 65.2 cm³/mol. The van der Waals surface area contributed by atoms with Crippen LogP contribution in [0.15, 0.2) is 6.07 Å². The number of anilines is 1. The topological polar surface area (TPSA) is 82.2 Å². The van der Waals surface area contributed by atoms with E-state index in [2.05, 4.69) is 10.3 Å². The van der Waals surface area contributed by atoms with E-state index >= 15 is 0 Å². The number of H-pyrrole nitrogens is 1. The number of carbonyl (C=O) groups excluding carboxylic acids is 1. The Hall–Kier alpha value is -1.78. The molecule has 94 valence electrons. The number of rotatable bonds is 5. The average molecular weight is 238 g/mol. The van der Waals surface area contributed by atoms with Crippen LogP contribution in [0.4, 0.5) is 5.69 Å². The van der Waals surface area contributed by atoms with E-state index in [1.165, 1.54) is 0 Å². The Labute approximate surface area is 100 Å². The van der Waals surface area contributed by atoms with Gasteiger partial charge in [-0.1, -0.05) is 20.3 Å². The smallest absolute Gasteiger partial charge is 0.354 e. The second-order valence-electron chi connectivity index (χ2n) is 4.31. The number of carbonyl (C=O) groups is 2. The van der Waals surface area contributed by atoms with Crippen molar-refractivity contribution >= 4 is 17.6 Å². The highest BCUT2D eigenvalue weighted by Crippen LogP contribution is 2.18. The molecular weight excluding hydrogens is 220 g/mol. The summed E-state index contributed by atoms with van der Waals surface area (Å²) in [6.45, 7) is 5.75. The molecule has 0 aliphatic rings. The van der Waals surface area contributed by atoms with E-state index in [1.54, 1.807) is 13.0 Å². The first kappa shape index (κ1) is 13.3. The van der Waals surface area contributed by atoms with E-state index in [4.69, 9.17) is 5.11 Å². The Kier molecular flexibility index (Phi) is 4.31. The molecule has 0 bridgehead atoms. The number of nitrogens with one attached hydrogen (secondary N) is 2. The van der Waals surface area contributed by atoms with Gasteiger partial charge in [0.2, 0.25) is 5.91 Å². The zero-order valence-corrected chi connectivity index (χ0v) is 10.3. The largest absolute Gasteiger partial charge is 0.477 e. The summed E-state index contributed by atoms with van der Waals surface area (Å²) >= 11 is 0. The first-order chi connectivity index (χ1) is 7.93. The maximum absolute atomic E-state index is 11.6.